The van der Waals surface area contributed by atoms with Gasteiger partial charge in [0.05, 0.1) is 0 Å². The van der Waals surface area contributed by atoms with E-state index in [2.05, 4.69) is 20.8 Å². The lowest BCUT2D eigenvalue weighted by atomic mass is 9.87. The number of hydrogen-bond acceptors (Lipinski definition) is 2. The second kappa shape index (κ2) is 13.5. The summed E-state index contributed by atoms with van der Waals surface area (Å²) in [6, 6.07) is 25.7. The van der Waals surface area contributed by atoms with Crippen molar-refractivity contribution in [3.8, 4) is 5.75 Å². The summed E-state index contributed by atoms with van der Waals surface area (Å²) in [6.07, 6.45) is -2.25. The summed E-state index contributed by atoms with van der Waals surface area (Å²) in [6.45, 7) is 1.43. The molecule has 0 aliphatic carbocycles. The first-order valence-corrected chi connectivity index (χ1v) is 11.4. The van der Waals surface area contributed by atoms with E-state index < -0.39 is 6.43 Å². The van der Waals surface area contributed by atoms with Crippen LogP contribution in [-0.4, -0.2) is 38.6 Å². The van der Waals surface area contributed by atoms with Gasteiger partial charge in [0, 0.05) is 17.4 Å². The molecule has 3 aromatic rings. The fourth-order valence-corrected chi connectivity index (χ4v) is 3.77. The Morgan fingerprint density at radius 3 is 1.97 bits per heavy atom. The van der Waals surface area contributed by atoms with E-state index in [9.17, 15) is 8.78 Å². The van der Waals surface area contributed by atoms with Gasteiger partial charge in [-0.05, 0) is 72.6 Å². The Morgan fingerprint density at radius 1 is 0.848 bits per heavy atom. The van der Waals surface area contributed by atoms with Gasteiger partial charge in [0.1, 0.15) is 12.4 Å². The summed E-state index contributed by atoms with van der Waals surface area (Å²) in [4.78, 5) is 2.07. The van der Waals surface area contributed by atoms with E-state index in [1.807, 2.05) is 93.0 Å². The van der Waals surface area contributed by atoms with Crippen LogP contribution in [0, 0.1) is 0 Å². The van der Waals surface area contributed by atoms with E-state index >= 15 is 0 Å². The van der Waals surface area contributed by atoms with Gasteiger partial charge < -0.3 is 9.64 Å². The molecule has 0 bridgehead atoms. The molecule has 2 nitrogen and oxygen atoms in total. The summed E-state index contributed by atoms with van der Waals surface area (Å²) in [5.41, 5.74) is 4.79. The Kier molecular flexibility index (Phi) is 11.0. The Labute approximate surface area is 209 Å². The molecule has 0 amide bonds. The standard InChI is InChI=1S/C27H28BrF2NO.ClH/c1-31(2)18-19-32-24-14-10-22(11-15-24)27(21-8-12-23(28)13-9-21)25(16-17-26(29)30)20-6-4-3-5-7-20;/h3-15,26H,16-19H2,1-2H3;1H/b27-25-;. The van der Waals surface area contributed by atoms with Crippen molar-refractivity contribution >= 4 is 39.5 Å². The Bertz CT molecular complexity index is 1010. The first-order chi connectivity index (χ1) is 15.4. The topological polar surface area (TPSA) is 12.5 Å². The number of nitrogens with zero attached hydrogens (tertiary/aromatic N) is 1. The van der Waals surface area contributed by atoms with Crippen molar-refractivity contribution in [1.82, 2.24) is 4.90 Å². The van der Waals surface area contributed by atoms with Crippen LogP contribution < -0.4 is 4.74 Å². The van der Waals surface area contributed by atoms with Crippen LogP contribution in [0.25, 0.3) is 11.1 Å². The molecule has 0 aliphatic rings. The van der Waals surface area contributed by atoms with Crippen molar-refractivity contribution in [3.63, 3.8) is 0 Å². The molecule has 0 heterocycles. The summed E-state index contributed by atoms with van der Waals surface area (Å²) >= 11 is 3.49. The smallest absolute Gasteiger partial charge is 0.239 e. The minimum Gasteiger partial charge on any atom is -0.492 e. The van der Waals surface area contributed by atoms with Gasteiger partial charge in [-0.25, -0.2) is 8.78 Å². The fraction of sp³-hybridized carbons (Fsp3) is 0.259. The maximum atomic E-state index is 13.2. The number of allylic oxidation sites excluding steroid dienone is 1. The molecular weight excluding hydrogens is 508 g/mol. The van der Waals surface area contributed by atoms with E-state index in [0.717, 1.165) is 44.6 Å². The summed E-state index contributed by atoms with van der Waals surface area (Å²) in [5, 5.41) is 0. The molecule has 3 aromatic carbocycles. The molecule has 33 heavy (non-hydrogen) atoms. The molecule has 0 aromatic heterocycles. The van der Waals surface area contributed by atoms with Crippen molar-refractivity contribution < 1.29 is 13.5 Å². The SMILES string of the molecule is CN(C)CCOc1ccc(/C(=C(/CCC(F)F)c2ccccc2)c2ccc(Br)cc2)cc1.Cl. The minimum absolute atomic E-state index is 0. The average molecular weight is 537 g/mol. The quantitative estimate of drug-likeness (QED) is 0.245. The van der Waals surface area contributed by atoms with Crippen LogP contribution >= 0.6 is 28.3 Å². The number of ether oxygens (including phenoxy) is 1. The summed E-state index contributed by atoms with van der Waals surface area (Å²) in [5.74, 6) is 0.791. The normalized spacial score (nSPS) is 11.8. The third-order valence-corrected chi connectivity index (χ3v) is 5.65. The van der Waals surface area contributed by atoms with Crippen LogP contribution in [0.15, 0.2) is 83.3 Å². The van der Waals surface area contributed by atoms with Gasteiger partial charge in [0.25, 0.3) is 0 Å². The highest BCUT2D eigenvalue weighted by molar-refractivity contribution is 9.10. The number of benzene rings is 3. The zero-order chi connectivity index (χ0) is 22.9. The maximum Gasteiger partial charge on any atom is 0.239 e. The van der Waals surface area contributed by atoms with E-state index in [4.69, 9.17) is 4.74 Å². The monoisotopic (exact) mass is 535 g/mol. The van der Waals surface area contributed by atoms with Gasteiger partial charge >= 0.3 is 0 Å². The van der Waals surface area contributed by atoms with Crippen molar-refractivity contribution in [2.75, 3.05) is 27.2 Å². The number of halogens is 4. The van der Waals surface area contributed by atoms with Crippen LogP contribution in [0.5, 0.6) is 5.75 Å². The average Bonchev–Trinajstić information content (AvgIpc) is 2.78. The zero-order valence-electron chi connectivity index (χ0n) is 18.8. The second-order valence-electron chi connectivity index (χ2n) is 7.83. The summed E-state index contributed by atoms with van der Waals surface area (Å²) < 4.78 is 33.2. The molecule has 0 saturated carbocycles. The van der Waals surface area contributed by atoms with Crippen LogP contribution in [0.3, 0.4) is 0 Å². The maximum absolute atomic E-state index is 13.2. The van der Waals surface area contributed by atoms with E-state index in [-0.39, 0.29) is 25.2 Å². The largest absolute Gasteiger partial charge is 0.492 e. The molecule has 6 heteroatoms. The Hall–Kier alpha value is -2.21. The van der Waals surface area contributed by atoms with E-state index in [1.54, 1.807) is 0 Å². The number of hydrogen-bond donors (Lipinski definition) is 0. The third-order valence-electron chi connectivity index (χ3n) is 5.12. The molecule has 176 valence electrons. The highest BCUT2D eigenvalue weighted by Crippen LogP contribution is 2.36. The molecule has 0 saturated heterocycles. The van der Waals surface area contributed by atoms with Gasteiger partial charge in [-0.1, -0.05) is 70.5 Å². The van der Waals surface area contributed by atoms with Gasteiger partial charge in [-0.15, -0.1) is 12.4 Å². The van der Waals surface area contributed by atoms with Crippen molar-refractivity contribution in [2.45, 2.75) is 19.3 Å². The molecule has 0 fully saturated rings. The van der Waals surface area contributed by atoms with Gasteiger partial charge in [-0.2, -0.15) is 0 Å². The Morgan fingerprint density at radius 2 is 1.42 bits per heavy atom. The van der Waals surface area contributed by atoms with Crippen LogP contribution in [0.4, 0.5) is 8.78 Å². The van der Waals surface area contributed by atoms with Crippen molar-refractivity contribution in [1.29, 1.82) is 0 Å². The number of likely N-dealkylation sites (N-methyl/N-ethyl adjacent to an activating group) is 1. The lowest BCUT2D eigenvalue weighted by Crippen LogP contribution is -2.19. The van der Waals surface area contributed by atoms with Crippen molar-refractivity contribution in [2.24, 2.45) is 0 Å². The number of alkyl halides is 2. The second-order valence-corrected chi connectivity index (χ2v) is 8.75. The van der Waals surface area contributed by atoms with E-state index in [0.29, 0.717) is 6.61 Å². The Balaban J connectivity index is 0.00000385. The van der Waals surface area contributed by atoms with E-state index in [1.165, 1.54) is 0 Å². The minimum atomic E-state index is -2.35. The lowest BCUT2D eigenvalue weighted by Gasteiger charge is -2.18. The van der Waals surface area contributed by atoms with Gasteiger partial charge in [0.15, 0.2) is 0 Å². The molecule has 3 rings (SSSR count). The third kappa shape index (κ3) is 8.26. The predicted octanol–water partition coefficient (Wildman–Crippen LogP) is 7.82. The first kappa shape index (κ1) is 27.0. The number of rotatable bonds is 10. The highest BCUT2D eigenvalue weighted by atomic mass is 79.9. The molecule has 0 aliphatic heterocycles. The molecule has 0 N–H and O–H groups in total. The van der Waals surface area contributed by atoms with Gasteiger partial charge in [0.2, 0.25) is 6.43 Å². The molecule has 0 radical (unpaired) electrons. The van der Waals surface area contributed by atoms with Crippen LogP contribution in [0.2, 0.25) is 0 Å². The van der Waals surface area contributed by atoms with Crippen molar-refractivity contribution in [3.05, 3.63) is 100 Å². The molecule has 0 unspecified atom stereocenters. The van der Waals surface area contributed by atoms with Crippen LogP contribution in [0.1, 0.15) is 29.5 Å². The lowest BCUT2D eigenvalue weighted by molar-refractivity contribution is 0.139. The molecular formula is C27H29BrClF2NO. The first-order valence-electron chi connectivity index (χ1n) is 10.6. The highest BCUT2D eigenvalue weighted by Gasteiger charge is 2.16. The van der Waals surface area contributed by atoms with Gasteiger partial charge in [-0.3, -0.25) is 0 Å². The fourth-order valence-electron chi connectivity index (χ4n) is 3.50. The predicted molar refractivity (Wildman–Crippen MR) is 139 cm³/mol. The zero-order valence-corrected chi connectivity index (χ0v) is 21.2. The summed E-state index contributed by atoms with van der Waals surface area (Å²) in [7, 11) is 4.01. The van der Waals surface area contributed by atoms with Crippen LogP contribution in [-0.2, 0) is 0 Å². The molecule has 0 atom stereocenters. The molecule has 0 spiro atoms.